The normalized spacial score (nSPS) is 14.2. The third kappa shape index (κ3) is 5.66. The second-order valence-corrected chi connectivity index (χ2v) is 8.66. The maximum Gasteiger partial charge on any atom is 0.407 e. The number of rotatable bonds is 9. The van der Waals surface area contributed by atoms with Gasteiger partial charge in [-0.3, -0.25) is 9.59 Å². The smallest absolute Gasteiger partial charge is 0.407 e. The first-order chi connectivity index (χ1) is 15.3. The first-order valence-corrected chi connectivity index (χ1v) is 10.9. The van der Waals surface area contributed by atoms with E-state index in [1.165, 1.54) is 0 Å². The van der Waals surface area contributed by atoms with Gasteiger partial charge in [-0.15, -0.1) is 0 Å². The number of amides is 2. The average Bonchev–Trinajstić information content (AvgIpc) is 3.04. The summed E-state index contributed by atoms with van der Waals surface area (Å²) in [4.78, 5) is 36.1. The van der Waals surface area contributed by atoms with Crippen LogP contribution in [0.25, 0.3) is 11.1 Å². The molecule has 0 aromatic heterocycles. The minimum absolute atomic E-state index is 0.0684. The zero-order valence-electron chi connectivity index (χ0n) is 18.6. The number of nitrogens with one attached hydrogen (secondary N) is 2. The van der Waals surface area contributed by atoms with Crippen molar-refractivity contribution < 1.29 is 24.2 Å². The van der Waals surface area contributed by atoms with Crippen molar-refractivity contribution in [1.82, 2.24) is 10.6 Å². The van der Waals surface area contributed by atoms with Crippen molar-refractivity contribution in [1.29, 1.82) is 0 Å². The number of fused-ring (bicyclic) bond motifs is 3. The zero-order chi connectivity index (χ0) is 23.3. The minimum Gasteiger partial charge on any atom is -0.481 e. The summed E-state index contributed by atoms with van der Waals surface area (Å²) in [6, 6.07) is 14.8. The lowest BCUT2D eigenvalue weighted by Gasteiger charge is -2.22. The molecule has 0 bridgehead atoms. The van der Waals surface area contributed by atoms with Crippen molar-refractivity contribution in [3.05, 3.63) is 59.7 Å². The van der Waals surface area contributed by atoms with Crippen LogP contribution in [0.1, 0.15) is 50.7 Å². The van der Waals surface area contributed by atoms with Gasteiger partial charge in [-0.1, -0.05) is 62.4 Å². The molecule has 1 aliphatic carbocycles. The molecular formula is C25H30N2O5. The van der Waals surface area contributed by atoms with Crippen molar-refractivity contribution in [2.45, 2.75) is 51.6 Å². The Morgan fingerprint density at radius 3 is 2.03 bits per heavy atom. The highest BCUT2D eigenvalue weighted by Crippen LogP contribution is 2.44. The maximum absolute atomic E-state index is 12.6. The quantitative estimate of drug-likeness (QED) is 0.550. The van der Waals surface area contributed by atoms with Gasteiger partial charge in [0, 0.05) is 12.0 Å². The molecule has 1 aliphatic rings. The van der Waals surface area contributed by atoms with E-state index in [0.29, 0.717) is 6.42 Å². The third-order valence-electron chi connectivity index (χ3n) is 5.53. The first kappa shape index (κ1) is 23.3. The summed E-state index contributed by atoms with van der Waals surface area (Å²) < 4.78 is 5.55. The fourth-order valence-electron chi connectivity index (χ4n) is 4.14. The van der Waals surface area contributed by atoms with Crippen molar-refractivity contribution in [2.24, 2.45) is 5.92 Å². The highest BCUT2D eigenvalue weighted by Gasteiger charge is 2.30. The predicted molar refractivity (Wildman–Crippen MR) is 121 cm³/mol. The molecule has 0 radical (unpaired) electrons. The number of carbonyl (C=O) groups excluding carboxylic acids is 2. The second-order valence-electron chi connectivity index (χ2n) is 8.66. The molecule has 0 saturated heterocycles. The lowest BCUT2D eigenvalue weighted by molar-refractivity contribution is -0.137. The van der Waals surface area contributed by atoms with E-state index in [2.05, 4.69) is 22.8 Å². The fourth-order valence-corrected chi connectivity index (χ4v) is 4.14. The Kier molecular flexibility index (Phi) is 7.51. The monoisotopic (exact) mass is 438 g/mol. The Morgan fingerprint density at radius 1 is 0.938 bits per heavy atom. The van der Waals surface area contributed by atoms with E-state index >= 15 is 0 Å². The minimum atomic E-state index is -0.997. The van der Waals surface area contributed by atoms with Gasteiger partial charge in [0.05, 0.1) is 6.42 Å². The predicted octanol–water partition coefficient (Wildman–Crippen LogP) is 3.92. The number of alkyl carbamates (subject to hydrolysis) is 1. The van der Waals surface area contributed by atoms with Crippen LogP contribution < -0.4 is 10.6 Å². The fraction of sp³-hybridized carbons (Fsp3) is 0.400. The molecule has 0 saturated carbocycles. The molecule has 7 heteroatoms. The summed E-state index contributed by atoms with van der Waals surface area (Å²) in [5.41, 5.74) is 4.50. The zero-order valence-corrected chi connectivity index (χ0v) is 18.6. The van der Waals surface area contributed by atoms with Crippen LogP contribution >= 0.6 is 0 Å². The number of aliphatic carboxylic acids is 1. The molecule has 2 atom stereocenters. The van der Waals surface area contributed by atoms with Crippen LogP contribution in [0, 0.1) is 5.92 Å². The molecule has 2 aromatic rings. The van der Waals surface area contributed by atoms with Crippen molar-refractivity contribution in [2.75, 3.05) is 6.61 Å². The number of hydrogen-bond acceptors (Lipinski definition) is 4. The van der Waals surface area contributed by atoms with Crippen molar-refractivity contribution in [3.8, 4) is 11.1 Å². The number of carboxylic acids is 1. The van der Waals surface area contributed by atoms with E-state index in [-0.39, 0.29) is 24.9 Å². The van der Waals surface area contributed by atoms with Crippen LogP contribution in [0.4, 0.5) is 4.79 Å². The number of hydrogen-bond donors (Lipinski definition) is 3. The highest BCUT2D eigenvalue weighted by molar-refractivity contribution is 5.86. The summed E-state index contributed by atoms with van der Waals surface area (Å²) in [6.45, 7) is 5.66. The maximum atomic E-state index is 12.6. The van der Waals surface area contributed by atoms with Crippen molar-refractivity contribution >= 4 is 18.0 Å². The van der Waals surface area contributed by atoms with Gasteiger partial charge >= 0.3 is 12.1 Å². The van der Waals surface area contributed by atoms with Gasteiger partial charge in [0.2, 0.25) is 5.91 Å². The van der Waals surface area contributed by atoms with Crippen LogP contribution in [-0.4, -0.2) is 41.8 Å². The molecule has 170 valence electrons. The van der Waals surface area contributed by atoms with E-state index in [0.717, 1.165) is 22.3 Å². The molecular weight excluding hydrogens is 408 g/mol. The van der Waals surface area contributed by atoms with Gasteiger partial charge in [-0.25, -0.2) is 4.79 Å². The second kappa shape index (κ2) is 10.3. The molecule has 0 fully saturated rings. The molecule has 0 unspecified atom stereocenters. The number of carboxylic acid groups (broad SMARTS) is 1. The van der Waals surface area contributed by atoms with Crippen LogP contribution in [0.5, 0.6) is 0 Å². The molecule has 32 heavy (non-hydrogen) atoms. The lowest BCUT2D eigenvalue weighted by Crippen LogP contribution is -2.50. The topological polar surface area (TPSA) is 105 Å². The molecule has 2 amide bonds. The number of benzene rings is 2. The molecule has 3 N–H and O–H groups in total. The van der Waals surface area contributed by atoms with Gasteiger partial charge in [-0.2, -0.15) is 0 Å². The molecule has 2 aromatic carbocycles. The summed E-state index contributed by atoms with van der Waals surface area (Å²) >= 11 is 0. The number of ether oxygens (including phenoxy) is 1. The van der Waals surface area contributed by atoms with Gasteiger partial charge < -0.3 is 20.5 Å². The van der Waals surface area contributed by atoms with E-state index in [9.17, 15) is 14.4 Å². The molecule has 3 rings (SSSR count). The van der Waals surface area contributed by atoms with Gasteiger partial charge in [-0.05, 0) is 41.5 Å². The van der Waals surface area contributed by atoms with Crippen LogP contribution in [0.3, 0.4) is 0 Å². The largest absolute Gasteiger partial charge is 0.481 e. The summed E-state index contributed by atoms with van der Waals surface area (Å²) in [7, 11) is 0. The van der Waals surface area contributed by atoms with Crippen molar-refractivity contribution in [3.63, 3.8) is 0 Å². The van der Waals surface area contributed by atoms with E-state index in [1.54, 1.807) is 6.92 Å². The Morgan fingerprint density at radius 2 is 1.50 bits per heavy atom. The first-order valence-electron chi connectivity index (χ1n) is 10.9. The van der Waals surface area contributed by atoms with E-state index in [1.807, 2.05) is 50.2 Å². The molecule has 0 spiro atoms. The van der Waals surface area contributed by atoms with Crippen LogP contribution in [-0.2, 0) is 14.3 Å². The van der Waals surface area contributed by atoms with Crippen LogP contribution in [0.2, 0.25) is 0 Å². The molecule has 7 nitrogen and oxygen atoms in total. The van der Waals surface area contributed by atoms with E-state index in [4.69, 9.17) is 9.84 Å². The molecule has 0 aliphatic heterocycles. The summed E-state index contributed by atoms with van der Waals surface area (Å²) in [5, 5.41) is 14.2. The van der Waals surface area contributed by atoms with Crippen LogP contribution in [0.15, 0.2) is 48.5 Å². The Labute approximate surface area is 188 Å². The van der Waals surface area contributed by atoms with Gasteiger partial charge in [0.25, 0.3) is 0 Å². The summed E-state index contributed by atoms with van der Waals surface area (Å²) in [6.07, 6.45) is -0.445. The Balaban J connectivity index is 1.64. The summed E-state index contributed by atoms with van der Waals surface area (Å²) in [5.74, 6) is -1.33. The van der Waals surface area contributed by atoms with Gasteiger partial charge in [0.15, 0.2) is 0 Å². The average molecular weight is 439 g/mol. The highest BCUT2D eigenvalue weighted by atomic mass is 16.5. The van der Waals surface area contributed by atoms with Gasteiger partial charge in [0.1, 0.15) is 12.6 Å². The number of carbonyl (C=O) groups is 3. The Bertz CT molecular complexity index is 942. The molecule has 0 heterocycles. The lowest BCUT2D eigenvalue weighted by atomic mass is 9.98. The third-order valence-corrected chi connectivity index (χ3v) is 5.53. The SMILES string of the molecule is CC(C)C[C@H](NC(=O)OCC1c2ccccc2-c2ccccc21)C(=O)N[C@@H](C)CC(=O)O. The van der Waals surface area contributed by atoms with E-state index < -0.39 is 30.1 Å². The Hall–Kier alpha value is -3.35. The standard InChI is InChI=1S/C25H30N2O5/c1-15(2)12-22(24(30)26-16(3)13-23(28)29)27-25(31)32-14-21-19-10-6-4-8-17(19)18-9-5-7-11-20(18)21/h4-11,15-16,21-22H,12-14H2,1-3H3,(H,26,30)(H,27,31)(H,28,29)/t16-,22-/m0/s1.